The molecule has 1 heterocycles. The zero-order valence-corrected chi connectivity index (χ0v) is 12.5. The van der Waals surface area contributed by atoms with Gasteiger partial charge < -0.3 is 19.8 Å². The number of hydrogen-bond donors (Lipinski definition) is 2. The average molecular weight is 302 g/mol. The van der Waals surface area contributed by atoms with Crippen molar-refractivity contribution in [3.63, 3.8) is 0 Å². The fraction of sp³-hybridized carbons (Fsp3) is 0.250. The van der Waals surface area contributed by atoms with Gasteiger partial charge in [0.2, 0.25) is 5.91 Å². The lowest BCUT2D eigenvalue weighted by Gasteiger charge is -2.10. The molecule has 0 saturated heterocycles. The van der Waals surface area contributed by atoms with Gasteiger partial charge in [-0.1, -0.05) is 0 Å². The molecule has 1 aromatic heterocycles. The molecule has 2 aromatic rings. The lowest BCUT2D eigenvalue weighted by atomic mass is 10.3. The van der Waals surface area contributed by atoms with Crippen LogP contribution in [0.25, 0.3) is 0 Å². The number of furan rings is 1. The summed E-state index contributed by atoms with van der Waals surface area (Å²) in [7, 11) is 0. The maximum absolute atomic E-state index is 11.8. The molecule has 0 aliphatic heterocycles. The Balaban J connectivity index is 1.80. The van der Waals surface area contributed by atoms with Gasteiger partial charge in [0, 0.05) is 5.69 Å². The highest BCUT2D eigenvalue weighted by atomic mass is 16.5. The summed E-state index contributed by atoms with van der Waals surface area (Å²) in [4.78, 5) is 23.4. The molecule has 1 aromatic carbocycles. The van der Waals surface area contributed by atoms with E-state index >= 15 is 0 Å². The molecule has 0 unspecified atom stereocenters. The molecule has 2 N–H and O–H groups in total. The summed E-state index contributed by atoms with van der Waals surface area (Å²) in [5.74, 6) is 0.153. The van der Waals surface area contributed by atoms with E-state index in [4.69, 9.17) is 9.15 Å². The first-order chi connectivity index (χ1) is 10.5. The van der Waals surface area contributed by atoms with E-state index in [1.165, 1.54) is 12.3 Å². The molecule has 0 atom stereocenters. The molecule has 6 heteroatoms. The van der Waals surface area contributed by atoms with Crippen LogP contribution in [0, 0.1) is 0 Å². The average Bonchev–Trinajstić information content (AvgIpc) is 3.00. The van der Waals surface area contributed by atoms with Crippen molar-refractivity contribution in [2.75, 3.05) is 11.9 Å². The first-order valence-electron chi connectivity index (χ1n) is 6.93. The van der Waals surface area contributed by atoms with Crippen molar-refractivity contribution < 1.29 is 18.7 Å². The Labute approximate surface area is 128 Å². The third-order valence-electron chi connectivity index (χ3n) is 2.66. The molecule has 0 aliphatic rings. The van der Waals surface area contributed by atoms with Crippen molar-refractivity contribution in [1.29, 1.82) is 0 Å². The Bertz CT molecular complexity index is 618. The van der Waals surface area contributed by atoms with Gasteiger partial charge in [-0.05, 0) is 50.2 Å². The molecule has 22 heavy (non-hydrogen) atoms. The molecule has 0 radical (unpaired) electrons. The predicted octanol–water partition coefficient (Wildman–Crippen LogP) is 2.44. The fourth-order valence-corrected chi connectivity index (χ4v) is 1.75. The molecular formula is C16H18N2O4. The highest BCUT2D eigenvalue weighted by Gasteiger charge is 2.10. The van der Waals surface area contributed by atoms with Gasteiger partial charge in [-0.3, -0.25) is 9.59 Å². The van der Waals surface area contributed by atoms with Gasteiger partial charge >= 0.3 is 0 Å². The summed E-state index contributed by atoms with van der Waals surface area (Å²) >= 11 is 0. The number of ether oxygens (including phenoxy) is 1. The topological polar surface area (TPSA) is 80.6 Å². The Morgan fingerprint density at radius 2 is 1.91 bits per heavy atom. The molecule has 0 bridgehead atoms. The number of carbonyl (C=O) groups excluding carboxylic acids is 2. The Morgan fingerprint density at radius 3 is 2.50 bits per heavy atom. The molecule has 2 amide bonds. The monoisotopic (exact) mass is 302 g/mol. The lowest BCUT2D eigenvalue weighted by Crippen LogP contribution is -2.32. The van der Waals surface area contributed by atoms with Crippen LogP contribution in [0.3, 0.4) is 0 Å². The van der Waals surface area contributed by atoms with Gasteiger partial charge in [-0.15, -0.1) is 0 Å². The summed E-state index contributed by atoms with van der Waals surface area (Å²) in [6.45, 7) is 3.75. The number of nitrogens with one attached hydrogen (secondary N) is 2. The van der Waals surface area contributed by atoms with E-state index in [2.05, 4.69) is 10.6 Å². The van der Waals surface area contributed by atoms with Gasteiger partial charge in [0.15, 0.2) is 5.76 Å². The number of rotatable bonds is 6. The molecule has 2 rings (SSSR count). The van der Waals surface area contributed by atoms with Crippen molar-refractivity contribution in [3.8, 4) is 5.75 Å². The van der Waals surface area contributed by atoms with Gasteiger partial charge in [-0.25, -0.2) is 0 Å². The summed E-state index contributed by atoms with van der Waals surface area (Å²) < 4.78 is 10.4. The van der Waals surface area contributed by atoms with Gasteiger partial charge in [-0.2, -0.15) is 0 Å². The highest BCUT2D eigenvalue weighted by molar-refractivity contribution is 5.97. The van der Waals surface area contributed by atoms with Crippen LogP contribution in [-0.2, 0) is 4.79 Å². The van der Waals surface area contributed by atoms with Crippen LogP contribution >= 0.6 is 0 Å². The minimum atomic E-state index is -0.430. The minimum Gasteiger partial charge on any atom is -0.491 e. The van der Waals surface area contributed by atoms with Crippen molar-refractivity contribution in [2.45, 2.75) is 20.0 Å². The summed E-state index contributed by atoms with van der Waals surface area (Å²) in [5.41, 5.74) is 0.633. The maximum Gasteiger partial charge on any atom is 0.287 e. The van der Waals surface area contributed by atoms with E-state index in [1.807, 2.05) is 13.8 Å². The molecule has 0 fully saturated rings. The first kappa shape index (κ1) is 15.6. The third kappa shape index (κ3) is 4.66. The zero-order valence-electron chi connectivity index (χ0n) is 12.5. The molecule has 6 nitrogen and oxygen atoms in total. The van der Waals surface area contributed by atoms with Crippen LogP contribution in [0.1, 0.15) is 24.4 Å². The molecule has 0 aliphatic carbocycles. The SMILES string of the molecule is CC(C)Oc1ccc(NC(=O)CNC(=O)c2ccco2)cc1. The molecule has 0 spiro atoms. The quantitative estimate of drug-likeness (QED) is 0.859. The second kappa shape index (κ2) is 7.31. The first-order valence-corrected chi connectivity index (χ1v) is 6.93. The van der Waals surface area contributed by atoms with Crippen LogP contribution < -0.4 is 15.4 Å². The fourth-order valence-electron chi connectivity index (χ4n) is 1.75. The summed E-state index contributed by atoms with van der Waals surface area (Å²) in [5, 5.41) is 5.16. The Kier molecular flexibility index (Phi) is 5.19. The second-order valence-corrected chi connectivity index (χ2v) is 4.90. The normalized spacial score (nSPS) is 10.3. The van der Waals surface area contributed by atoms with E-state index in [0.29, 0.717) is 5.69 Å². The molecular weight excluding hydrogens is 284 g/mol. The van der Waals surface area contributed by atoms with Crippen LogP contribution in [0.2, 0.25) is 0 Å². The number of carbonyl (C=O) groups is 2. The third-order valence-corrected chi connectivity index (χ3v) is 2.66. The van der Waals surface area contributed by atoms with Crippen LogP contribution in [-0.4, -0.2) is 24.5 Å². The number of hydrogen-bond acceptors (Lipinski definition) is 4. The van der Waals surface area contributed by atoms with Crippen LogP contribution in [0.4, 0.5) is 5.69 Å². The van der Waals surface area contributed by atoms with E-state index in [-0.39, 0.29) is 24.3 Å². The van der Waals surface area contributed by atoms with Crippen molar-refractivity contribution in [3.05, 3.63) is 48.4 Å². The number of amides is 2. The van der Waals surface area contributed by atoms with Gasteiger partial charge in [0.1, 0.15) is 5.75 Å². The smallest absolute Gasteiger partial charge is 0.287 e. The van der Waals surface area contributed by atoms with E-state index in [0.717, 1.165) is 5.75 Å². The number of anilines is 1. The van der Waals surface area contributed by atoms with Crippen molar-refractivity contribution in [2.24, 2.45) is 0 Å². The van der Waals surface area contributed by atoms with Crippen molar-refractivity contribution >= 4 is 17.5 Å². The minimum absolute atomic E-state index is 0.0947. The summed E-state index contributed by atoms with van der Waals surface area (Å²) in [6, 6.07) is 10.2. The van der Waals surface area contributed by atoms with E-state index in [1.54, 1.807) is 30.3 Å². The zero-order chi connectivity index (χ0) is 15.9. The van der Waals surface area contributed by atoms with Gasteiger partial charge in [0.05, 0.1) is 18.9 Å². The number of benzene rings is 1. The largest absolute Gasteiger partial charge is 0.491 e. The predicted molar refractivity (Wildman–Crippen MR) is 81.9 cm³/mol. The van der Waals surface area contributed by atoms with Crippen LogP contribution in [0.5, 0.6) is 5.75 Å². The van der Waals surface area contributed by atoms with E-state index in [9.17, 15) is 9.59 Å². The lowest BCUT2D eigenvalue weighted by molar-refractivity contribution is -0.115. The van der Waals surface area contributed by atoms with Gasteiger partial charge in [0.25, 0.3) is 5.91 Å². The van der Waals surface area contributed by atoms with Crippen molar-refractivity contribution in [1.82, 2.24) is 5.32 Å². The Morgan fingerprint density at radius 1 is 1.18 bits per heavy atom. The highest BCUT2D eigenvalue weighted by Crippen LogP contribution is 2.16. The standard InChI is InChI=1S/C16H18N2O4/c1-11(2)22-13-7-5-12(6-8-13)18-15(19)10-17-16(20)14-4-3-9-21-14/h3-9,11H,10H2,1-2H3,(H,17,20)(H,18,19). The molecule has 0 saturated carbocycles. The molecule has 116 valence electrons. The van der Waals surface area contributed by atoms with E-state index < -0.39 is 5.91 Å². The Hall–Kier alpha value is -2.76. The maximum atomic E-state index is 11.8. The summed E-state index contributed by atoms with van der Waals surface area (Å²) in [6.07, 6.45) is 1.49. The second-order valence-electron chi connectivity index (χ2n) is 4.90. The van der Waals surface area contributed by atoms with Crippen LogP contribution in [0.15, 0.2) is 47.1 Å².